The summed E-state index contributed by atoms with van der Waals surface area (Å²) >= 11 is 0. The molecule has 0 aliphatic heterocycles. The lowest BCUT2D eigenvalue weighted by atomic mass is 10.1. The average molecular weight is 227 g/mol. The summed E-state index contributed by atoms with van der Waals surface area (Å²) in [6, 6.07) is 2.75. The van der Waals surface area contributed by atoms with Crippen molar-refractivity contribution in [3.8, 4) is 11.5 Å². The minimum Gasteiger partial charge on any atom is -0.493 e. The second-order valence-corrected chi connectivity index (χ2v) is 3.80. The van der Waals surface area contributed by atoms with Crippen LogP contribution in [0.1, 0.15) is 19.4 Å². The zero-order chi connectivity index (χ0) is 12.1. The van der Waals surface area contributed by atoms with E-state index in [1.165, 1.54) is 19.2 Å². The first-order valence-corrected chi connectivity index (χ1v) is 5.31. The predicted molar refractivity (Wildman–Crippen MR) is 61.5 cm³/mol. The van der Waals surface area contributed by atoms with E-state index in [1.807, 2.05) is 13.8 Å². The Hall–Kier alpha value is -1.29. The van der Waals surface area contributed by atoms with Gasteiger partial charge in [-0.05, 0) is 32.9 Å². The second-order valence-electron chi connectivity index (χ2n) is 3.80. The highest BCUT2D eigenvalue weighted by atomic mass is 19.1. The molecule has 0 saturated carbocycles. The van der Waals surface area contributed by atoms with Crippen LogP contribution in [0.25, 0.3) is 0 Å². The Morgan fingerprint density at radius 3 is 2.56 bits per heavy atom. The molecule has 0 unspecified atom stereocenters. The second kappa shape index (κ2) is 5.70. The summed E-state index contributed by atoms with van der Waals surface area (Å²) in [5.74, 6) is 0.665. The zero-order valence-corrected chi connectivity index (χ0v) is 9.92. The lowest BCUT2D eigenvalue weighted by Gasteiger charge is -2.17. The van der Waals surface area contributed by atoms with Crippen LogP contribution >= 0.6 is 0 Å². The van der Waals surface area contributed by atoms with Crippen LogP contribution < -0.4 is 15.2 Å². The quantitative estimate of drug-likeness (QED) is 0.838. The van der Waals surface area contributed by atoms with Crippen LogP contribution in [0, 0.1) is 5.82 Å². The van der Waals surface area contributed by atoms with E-state index in [2.05, 4.69) is 0 Å². The first kappa shape index (κ1) is 12.8. The molecule has 0 aliphatic rings. The maximum atomic E-state index is 13.3. The molecule has 0 fully saturated rings. The Labute approximate surface area is 95.4 Å². The van der Waals surface area contributed by atoms with Gasteiger partial charge in [0.1, 0.15) is 5.82 Å². The molecule has 1 aromatic rings. The van der Waals surface area contributed by atoms with Gasteiger partial charge in [-0.1, -0.05) is 0 Å². The Kier molecular flexibility index (Phi) is 4.55. The molecule has 0 aliphatic carbocycles. The SMILES string of the molecule is COc1cc(F)cc(CCN)c1OC(C)C. The number of hydrogen-bond donors (Lipinski definition) is 1. The summed E-state index contributed by atoms with van der Waals surface area (Å²) in [6.07, 6.45) is 0.576. The Bertz CT molecular complexity index is 353. The third-order valence-electron chi connectivity index (χ3n) is 2.08. The van der Waals surface area contributed by atoms with E-state index in [9.17, 15) is 4.39 Å². The van der Waals surface area contributed by atoms with Crippen LogP contribution in [0.5, 0.6) is 11.5 Å². The van der Waals surface area contributed by atoms with Gasteiger partial charge in [-0.15, -0.1) is 0 Å². The summed E-state index contributed by atoms with van der Waals surface area (Å²) in [7, 11) is 1.49. The van der Waals surface area contributed by atoms with Crippen molar-refractivity contribution in [1.29, 1.82) is 0 Å². The third kappa shape index (κ3) is 3.10. The molecule has 0 atom stereocenters. The van der Waals surface area contributed by atoms with Crippen molar-refractivity contribution in [1.82, 2.24) is 0 Å². The standard InChI is InChI=1S/C12H18FNO2/c1-8(2)16-12-9(4-5-14)6-10(13)7-11(12)15-3/h6-8H,4-5,14H2,1-3H3. The largest absolute Gasteiger partial charge is 0.493 e. The van der Waals surface area contributed by atoms with Crippen molar-refractivity contribution >= 4 is 0 Å². The molecule has 16 heavy (non-hydrogen) atoms. The Morgan fingerprint density at radius 1 is 1.38 bits per heavy atom. The maximum Gasteiger partial charge on any atom is 0.164 e. The fourth-order valence-corrected chi connectivity index (χ4v) is 1.48. The minimum absolute atomic E-state index is 0.0101. The number of benzene rings is 1. The molecule has 0 bridgehead atoms. The molecule has 90 valence electrons. The van der Waals surface area contributed by atoms with E-state index in [0.717, 1.165) is 5.56 Å². The molecule has 4 heteroatoms. The van der Waals surface area contributed by atoms with Crippen LogP contribution in [-0.2, 0) is 6.42 Å². The van der Waals surface area contributed by atoms with Crippen LogP contribution in [0.15, 0.2) is 12.1 Å². The summed E-state index contributed by atoms with van der Waals surface area (Å²) in [5, 5.41) is 0. The zero-order valence-electron chi connectivity index (χ0n) is 9.92. The Morgan fingerprint density at radius 2 is 2.06 bits per heavy atom. The van der Waals surface area contributed by atoms with Gasteiger partial charge in [0.15, 0.2) is 11.5 Å². The number of nitrogens with two attached hydrogens (primary N) is 1. The summed E-state index contributed by atoms with van der Waals surface area (Å²) in [6.45, 7) is 4.27. The van der Waals surface area contributed by atoms with Gasteiger partial charge in [-0.2, -0.15) is 0 Å². The number of hydrogen-bond acceptors (Lipinski definition) is 3. The summed E-state index contributed by atoms with van der Waals surface area (Å²) < 4.78 is 24.0. The molecular weight excluding hydrogens is 209 g/mol. The monoisotopic (exact) mass is 227 g/mol. The van der Waals surface area contributed by atoms with Crippen molar-refractivity contribution in [3.63, 3.8) is 0 Å². The third-order valence-corrected chi connectivity index (χ3v) is 2.08. The summed E-state index contributed by atoms with van der Waals surface area (Å²) in [5.41, 5.74) is 6.23. The molecule has 0 saturated heterocycles. The Balaban J connectivity index is 3.15. The van der Waals surface area contributed by atoms with Gasteiger partial charge < -0.3 is 15.2 Å². The first-order valence-electron chi connectivity index (χ1n) is 5.31. The van der Waals surface area contributed by atoms with Crippen molar-refractivity contribution in [3.05, 3.63) is 23.5 Å². The van der Waals surface area contributed by atoms with Gasteiger partial charge in [0, 0.05) is 11.6 Å². The van der Waals surface area contributed by atoms with Gasteiger partial charge >= 0.3 is 0 Å². The van der Waals surface area contributed by atoms with Gasteiger partial charge in [0.25, 0.3) is 0 Å². The average Bonchev–Trinajstić information content (AvgIpc) is 2.21. The van der Waals surface area contributed by atoms with Gasteiger partial charge in [-0.3, -0.25) is 0 Å². The highest BCUT2D eigenvalue weighted by Gasteiger charge is 2.14. The predicted octanol–water partition coefficient (Wildman–Crippen LogP) is 2.12. The van der Waals surface area contributed by atoms with Crippen LogP contribution in [0.3, 0.4) is 0 Å². The molecule has 0 radical (unpaired) electrons. The summed E-state index contributed by atoms with van der Waals surface area (Å²) in [4.78, 5) is 0. The molecule has 1 aromatic carbocycles. The van der Waals surface area contributed by atoms with Crippen molar-refractivity contribution in [2.45, 2.75) is 26.4 Å². The molecule has 0 aromatic heterocycles. The van der Waals surface area contributed by atoms with E-state index in [-0.39, 0.29) is 11.9 Å². The van der Waals surface area contributed by atoms with E-state index in [0.29, 0.717) is 24.5 Å². The van der Waals surface area contributed by atoms with E-state index in [4.69, 9.17) is 15.2 Å². The van der Waals surface area contributed by atoms with Crippen LogP contribution in [-0.4, -0.2) is 19.8 Å². The van der Waals surface area contributed by atoms with Crippen molar-refractivity contribution in [2.24, 2.45) is 5.73 Å². The highest BCUT2D eigenvalue weighted by Crippen LogP contribution is 2.33. The molecular formula is C12H18FNO2. The van der Waals surface area contributed by atoms with Gasteiger partial charge in [-0.25, -0.2) is 4.39 Å². The first-order chi connectivity index (χ1) is 7.58. The van der Waals surface area contributed by atoms with Crippen LogP contribution in [0.4, 0.5) is 4.39 Å². The van der Waals surface area contributed by atoms with Gasteiger partial charge in [0.2, 0.25) is 0 Å². The fraction of sp³-hybridized carbons (Fsp3) is 0.500. The number of rotatable bonds is 5. The number of halogens is 1. The molecule has 1 rings (SSSR count). The maximum absolute atomic E-state index is 13.3. The van der Waals surface area contributed by atoms with E-state index >= 15 is 0 Å². The smallest absolute Gasteiger partial charge is 0.164 e. The number of ether oxygens (including phenoxy) is 2. The van der Waals surface area contributed by atoms with Crippen LogP contribution in [0.2, 0.25) is 0 Å². The van der Waals surface area contributed by atoms with Gasteiger partial charge in [0.05, 0.1) is 13.2 Å². The number of methoxy groups -OCH3 is 1. The molecule has 0 amide bonds. The lowest BCUT2D eigenvalue weighted by Crippen LogP contribution is -2.11. The molecule has 0 heterocycles. The lowest BCUT2D eigenvalue weighted by molar-refractivity contribution is 0.227. The molecule has 0 spiro atoms. The topological polar surface area (TPSA) is 44.5 Å². The van der Waals surface area contributed by atoms with E-state index in [1.54, 1.807) is 0 Å². The van der Waals surface area contributed by atoms with E-state index < -0.39 is 0 Å². The molecule has 2 N–H and O–H groups in total. The minimum atomic E-state index is -0.337. The van der Waals surface area contributed by atoms with Crippen molar-refractivity contribution < 1.29 is 13.9 Å². The molecule has 3 nitrogen and oxygen atoms in total. The van der Waals surface area contributed by atoms with Crippen molar-refractivity contribution in [2.75, 3.05) is 13.7 Å². The fourth-order valence-electron chi connectivity index (χ4n) is 1.48. The highest BCUT2D eigenvalue weighted by molar-refractivity contribution is 5.47. The normalized spacial score (nSPS) is 10.6.